The molecule has 0 aliphatic rings. The lowest BCUT2D eigenvalue weighted by molar-refractivity contribution is -0.157. The van der Waals surface area contributed by atoms with Gasteiger partial charge in [-0.2, -0.15) is 0 Å². The molecule has 82 valence electrons. The van der Waals surface area contributed by atoms with Crippen LogP contribution in [0.25, 0.3) is 0 Å². The summed E-state index contributed by atoms with van der Waals surface area (Å²) in [6.45, 7) is 7.28. The zero-order valence-corrected chi connectivity index (χ0v) is 9.11. The van der Waals surface area contributed by atoms with Crippen molar-refractivity contribution in [3.05, 3.63) is 0 Å². The van der Waals surface area contributed by atoms with Crippen LogP contribution < -0.4 is 0 Å². The number of carbonyl (C=O) groups is 2. The predicted octanol–water partition coefficient (Wildman–Crippen LogP) is 1.54. The Labute approximate surface area is 84.3 Å². The van der Waals surface area contributed by atoms with Crippen molar-refractivity contribution in [2.24, 2.45) is 17.8 Å². The summed E-state index contributed by atoms with van der Waals surface area (Å²) in [5.41, 5.74) is 0. The number of hydrogen-bond donors (Lipinski definition) is 1. The van der Waals surface area contributed by atoms with Crippen molar-refractivity contribution in [3.63, 3.8) is 0 Å². The topological polar surface area (TPSA) is 63.6 Å². The molecule has 0 bridgehead atoms. The first-order valence-corrected chi connectivity index (χ1v) is 4.75. The third-order valence-corrected chi connectivity index (χ3v) is 2.07. The maximum atomic E-state index is 11.3. The summed E-state index contributed by atoms with van der Waals surface area (Å²) in [4.78, 5) is 21.9. The molecule has 0 aromatic heterocycles. The Morgan fingerprint density at radius 3 is 2.00 bits per heavy atom. The fraction of sp³-hybridized carbons (Fsp3) is 0.800. The molecule has 0 saturated heterocycles. The van der Waals surface area contributed by atoms with Crippen molar-refractivity contribution in [1.29, 1.82) is 0 Å². The first-order chi connectivity index (χ1) is 6.36. The van der Waals surface area contributed by atoms with E-state index in [2.05, 4.69) is 0 Å². The summed E-state index contributed by atoms with van der Waals surface area (Å²) in [6.07, 6.45) is 0. The van der Waals surface area contributed by atoms with E-state index in [-0.39, 0.29) is 5.92 Å². The van der Waals surface area contributed by atoms with Crippen molar-refractivity contribution in [1.82, 2.24) is 0 Å². The maximum Gasteiger partial charge on any atom is 0.309 e. The molecule has 0 fully saturated rings. The molecule has 0 spiro atoms. The highest BCUT2D eigenvalue weighted by atomic mass is 16.5. The van der Waals surface area contributed by atoms with Crippen LogP contribution in [0.5, 0.6) is 0 Å². The van der Waals surface area contributed by atoms with Gasteiger partial charge in [-0.15, -0.1) is 0 Å². The van der Waals surface area contributed by atoms with E-state index in [0.717, 1.165) is 0 Å². The molecule has 0 amide bonds. The zero-order valence-electron chi connectivity index (χ0n) is 9.11. The van der Waals surface area contributed by atoms with Crippen LogP contribution in [-0.4, -0.2) is 23.7 Å². The number of esters is 1. The second kappa shape index (κ2) is 5.62. The summed E-state index contributed by atoms with van der Waals surface area (Å²) in [6, 6.07) is 0. The van der Waals surface area contributed by atoms with Crippen LogP contribution in [0.1, 0.15) is 27.7 Å². The van der Waals surface area contributed by atoms with Gasteiger partial charge in [0.05, 0.1) is 18.4 Å². The molecule has 4 nitrogen and oxygen atoms in total. The molecule has 0 unspecified atom stereocenters. The molecule has 1 N–H and O–H groups in total. The Bertz CT molecular complexity index is 210. The van der Waals surface area contributed by atoms with Gasteiger partial charge in [0.2, 0.25) is 0 Å². The highest BCUT2D eigenvalue weighted by Gasteiger charge is 2.26. The molecule has 4 heteroatoms. The van der Waals surface area contributed by atoms with Gasteiger partial charge in [0.15, 0.2) is 0 Å². The van der Waals surface area contributed by atoms with Crippen LogP contribution in [0.15, 0.2) is 0 Å². The summed E-state index contributed by atoms with van der Waals surface area (Å²) < 4.78 is 4.93. The van der Waals surface area contributed by atoms with Crippen LogP contribution in [0.3, 0.4) is 0 Å². The first kappa shape index (κ1) is 12.9. The largest absolute Gasteiger partial charge is 0.481 e. The number of carbonyl (C=O) groups excluding carboxylic acids is 1. The number of carboxylic acids is 1. The average molecular weight is 202 g/mol. The fourth-order valence-electron chi connectivity index (χ4n) is 0.798. The molecular formula is C10H18O4. The lowest BCUT2D eigenvalue weighted by Crippen LogP contribution is -2.27. The van der Waals surface area contributed by atoms with E-state index >= 15 is 0 Å². The number of aliphatic carboxylic acids is 1. The molecule has 0 aliphatic heterocycles. The van der Waals surface area contributed by atoms with Crippen LogP contribution in [0.2, 0.25) is 0 Å². The molecule has 14 heavy (non-hydrogen) atoms. The van der Waals surface area contributed by atoms with E-state index in [0.29, 0.717) is 6.61 Å². The quantitative estimate of drug-likeness (QED) is 0.687. The van der Waals surface area contributed by atoms with Crippen LogP contribution >= 0.6 is 0 Å². The molecule has 0 aliphatic carbocycles. The highest BCUT2D eigenvalue weighted by molar-refractivity contribution is 5.80. The fourth-order valence-corrected chi connectivity index (χ4v) is 0.798. The Morgan fingerprint density at radius 1 is 1.14 bits per heavy atom. The van der Waals surface area contributed by atoms with Crippen molar-refractivity contribution in [2.75, 3.05) is 6.61 Å². The maximum absolute atomic E-state index is 11.3. The van der Waals surface area contributed by atoms with E-state index in [9.17, 15) is 9.59 Å². The normalized spacial score (nSPS) is 14.9. The summed E-state index contributed by atoms with van der Waals surface area (Å²) in [7, 11) is 0. The summed E-state index contributed by atoms with van der Waals surface area (Å²) in [5, 5.41) is 8.67. The summed E-state index contributed by atoms with van der Waals surface area (Å²) >= 11 is 0. The first-order valence-electron chi connectivity index (χ1n) is 4.75. The third-order valence-electron chi connectivity index (χ3n) is 2.07. The molecule has 0 aromatic carbocycles. The van der Waals surface area contributed by atoms with Gasteiger partial charge in [-0.05, 0) is 5.92 Å². The Hall–Kier alpha value is -1.06. The van der Waals surface area contributed by atoms with Crippen molar-refractivity contribution >= 4 is 11.9 Å². The standard InChI is InChI=1S/C10H18O4/c1-6(2)5-14-10(13)8(4)7(3)9(11)12/h6-8H,5H2,1-4H3,(H,11,12)/t7-,8-/m0/s1. The summed E-state index contributed by atoms with van der Waals surface area (Å²) in [5.74, 6) is -2.43. The van der Waals surface area contributed by atoms with Gasteiger partial charge < -0.3 is 9.84 Å². The average Bonchev–Trinajstić information content (AvgIpc) is 2.11. The van der Waals surface area contributed by atoms with Gasteiger partial charge in [-0.3, -0.25) is 9.59 Å². The molecule has 0 aromatic rings. The van der Waals surface area contributed by atoms with Crippen molar-refractivity contribution in [3.8, 4) is 0 Å². The van der Waals surface area contributed by atoms with Crippen LogP contribution in [-0.2, 0) is 14.3 Å². The number of rotatable bonds is 5. The third kappa shape index (κ3) is 4.25. The minimum Gasteiger partial charge on any atom is -0.481 e. The smallest absolute Gasteiger partial charge is 0.309 e. The van der Waals surface area contributed by atoms with Crippen LogP contribution in [0, 0.1) is 17.8 Å². The number of hydrogen-bond acceptors (Lipinski definition) is 3. The minimum absolute atomic E-state index is 0.270. The van der Waals surface area contributed by atoms with Crippen LogP contribution in [0.4, 0.5) is 0 Å². The Morgan fingerprint density at radius 2 is 1.64 bits per heavy atom. The lowest BCUT2D eigenvalue weighted by atomic mass is 9.96. The Kier molecular flexibility index (Phi) is 5.20. The monoisotopic (exact) mass is 202 g/mol. The van der Waals surface area contributed by atoms with Crippen molar-refractivity contribution in [2.45, 2.75) is 27.7 Å². The lowest BCUT2D eigenvalue weighted by Gasteiger charge is -2.15. The minimum atomic E-state index is -0.973. The molecule has 0 radical (unpaired) electrons. The van der Waals surface area contributed by atoms with E-state index < -0.39 is 23.8 Å². The van der Waals surface area contributed by atoms with E-state index in [1.54, 1.807) is 6.92 Å². The molecule has 0 heterocycles. The molecule has 2 atom stereocenters. The van der Waals surface area contributed by atoms with E-state index in [1.165, 1.54) is 6.92 Å². The predicted molar refractivity (Wildman–Crippen MR) is 51.8 cm³/mol. The van der Waals surface area contributed by atoms with Gasteiger partial charge in [0.25, 0.3) is 0 Å². The number of carboxylic acid groups (broad SMARTS) is 1. The van der Waals surface area contributed by atoms with Gasteiger partial charge in [0, 0.05) is 0 Å². The second-order valence-corrected chi connectivity index (χ2v) is 3.94. The number of ether oxygens (including phenoxy) is 1. The SMILES string of the molecule is CC(C)COC(=O)[C@@H](C)[C@H](C)C(=O)O. The van der Waals surface area contributed by atoms with Gasteiger partial charge in [-0.1, -0.05) is 27.7 Å². The van der Waals surface area contributed by atoms with Gasteiger partial charge in [-0.25, -0.2) is 0 Å². The van der Waals surface area contributed by atoms with Crippen molar-refractivity contribution < 1.29 is 19.4 Å². The van der Waals surface area contributed by atoms with Gasteiger partial charge >= 0.3 is 11.9 Å². The van der Waals surface area contributed by atoms with E-state index in [1.807, 2.05) is 13.8 Å². The van der Waals surface area contributed by atoms with E-state index in [4.69, 9.17) is 9.84 Å². The highest BCUT2D eigenvalue weighted by Crippen LogP contribution is 2.13. The molecule has 0 saturated carbocycles. The van der Waals surface area contributed by atoms with Gasteiger partial charge in [0.1, 0.15) is 0 Å². The molecule has 0 rings (SSSR count). The molecular weight excluding hydrogens is 184 g/mol. The zero-order chi connectivity index (χ0) is 11.3. The Balaban J connectivity index is 4.05. The second-order valence-electron chi connectivity index (χ2n) is 3.94.